The molecule has 0 unspecified atom stereocenters. The number of methoxy groups -OCH3 is 1. The van der Waals surface area contributed by atoms with Crippen LogP contribution in [-0.2, 0) is 0 Å². The second kappa shape index (κ2) is 5.75. The highest BCUT2D eigenvalue weighted by molar-refractivity contribution is 5.50. The zero-order valence-corrected chi connectivity index (χ0v) is 9.91. The molecule has 16 heavy (non-hydrogen) atoms. The first-order valence-electron chi connectivity index (χ1n) is 6.00. The largest absolute Gasteiger partial charge is 0.497 e. The first-order valence-corrected chi connectivity index (χ1v) is 6.00. The zero-order chi connectivity index (χ0) is 11.2. The summed E-state index contributed by atoms with van der Waals surface area (Å²) in [6.07, 6.45) is 2.52. The summed E-state index contributed by atoms with van der Waals surface area (Å²) in [5.74, 6) is 0.938. The fourth-order valence-corrected chi connectivity index (χ4v) is 2.07. The lowest BCUT2D eigenvalue weighted by molar-refractivity contribution is 0.414. The van der Waals surface area contributed by atoms with Gasteiger partial charge in [0, 0.05) is 31.4 Å². The number of nitrogens with one attached hydrogen (secondary N) is 1. The first-order chi connectivity index (χ1) is 7.90. The van der Waals surface area contributed by atoms with Crippen LogP contribution < -0.4 is 15.0 Å². The van der Waals surface area contributed by atoms with Crippen LogP contribution in [0.15, 0.2) is 24.3 Å². The van der Waals surface area contributed by atoms with E-state index in [1.165, 1.54) is 18.5 Å². The minimum absolute atomic E-state index is 0.938. The van der Waals surface area contributed by atoms with Crippen LogP contribution in [0.4, 0.5) is 5.69 Å². The summed E-state index contributed by atoms with van der Waals surface area (Å²) in [5, 5.41) is 3.44. The molecule has 0 radical (unpaired) electrons. The molecule has 88 valence electrons. The minimum Gasteiger partial charge on any atom is -0.497 e. The number of ether oxygens (including phenoxy) is 1. The topological polar surface area (TPSA) is 24.5 Å². The fourth-order valence-electron chi connectivity index (χ4n) is 2.07. The molecule has 1 aromatic rings. The van der Waals surface area contributed by atoms with E-state index in [4.69, 9.17) is 4.74 Å². The van der Waals surface area contributed by atoms with Gasteiger partial charge in [0.15, 0.2) is 0 Å². The van der Waals surface area contributed by atoms with Crippen molar-refractivity contribution < 1.29 is 4.74 Å². The van der Waals surface area contributed by atoms with Crippen LogP contribution in [0.1, 0.15) is 12.8 Å². The van der Waals surface area contributed by atoms with Crippen molar-refractivity contribution in [1.82, 2.24) is 5.32 Å². The predicted molar refractivity (Wildman–Crippen MR) is 67.3 cm³/mol. The van der Waals surface area contributed by atoms with Gasteiger partial charge >= 0.3 is 0 Å². The Kier molecular flexibility index (Phi) is 4.05. The minimum atomic E-state index is 0.938. The lowest BCUT2D eigenvalue weighted by Gasteiger charge is -2.27. The Morgan fingerprint density at radius 1 is 1.19 bits per heavy atom. The number of nitrogens with zero attached hydrogens (tertiary/aromatic N) is 1. The van der Waals surface area contributed by atoms with Crippen molar-refractivity contribution in [2.45, 2.75) is 12.8 Å². The number of hydrogen-bond donors (Lipinski definition) is 1. The highest BCUT2D eigenvalue weighted by Crippen LogP contribution is 2.21. The second-order valence-electron chi connectivity index (χ2n) is 4.15. The maximum Gasteiger partial charge on any atom is 0.120 e. The first kappa shape index (κ1) is 11.3. The van der Waals surface area contributed by atoms with Crippen LogP contribution in [0.3, 0.4) is 0 Å². The lowest BCUT2D eigenvalue weighted by Crippen LogP contribution is -2.36. The second-order valence-corrected chi connectivity index (χ2v) is 4.15. The summed E-state index contributed by atoms with van der Waals surface area (Å²) in [7, 11) is 1.72. The van der Waals surface area contributed by atoms with Gasteiger partial charge in [-0.3, -0.25) is 0 Å². The van der Waals surface area contributed by atoms with Gasteiger partial charge in [-0.15, -0.1) is 0 Å². The molecule has 0 aromatic heterocycles. The highest BCUT2D eigenvalue weighted by atomic mass is 16.5. The molecule has 0 saturated carbocycles. The average Bonchev–Trinajstić information content (AvgIpc) is 2.29. The van der Waals surface area contributed by atoms with Crippen LogP contribution in [0.5, 0.6) is 5.75 Å². The summed E-state index contributed by atoms with van der Waals surface area (Å²) < 4.78 is 5.26. The molecular formula is C13H20N2O. The SMILES string of the molecule is COc1cccc(N2CCCCNCC2)c1. The number of hydrogen-bond acceptors (Lipinski definition) is 3. The average molecular weight is 220 g/mol. The van der Waals surface area contributed by atoms with Gasteiger partial charge in [-0.25, -0.2) is 0 Å². The van der Waals surface area contributed by atoms with E-state index in [1.54, 1.807) is 7.11 Å². The van der Waals surface area contributed by atoms with Crippen molar-refractivity contribution in [1.29, 1.82) is 0 Å². The number of benzene rings is 1. The molecule has 0 bridgehead atoms. The maximum atomic E-state index is 5.26. The molecule has 0 amide bonds. The predicted octanol–water partition coefficient (Wildman–Crippen LogP) is 1.88. The quantitative estimate of drug-likeness (QED) is 0.823. The normalized spacial score (nSPS) is 17.7. The van der Waals surface area contributed by atoms with E-state index in [0.717, 1.165) is 31.9 Å². The van der Waals surface area contributed by atoms with Crippen molar-refractivity contribution in [3.8, 4) is 5.75 Å². The van der Waals surface area contributed by atoms with Gasteiger partial charge in [0.2, 0.25) is 0 Å². The van der Waals surface area contributed by atoms with Crippen molar-refractivity contribution in [3.63, 3.8) is 0 Å². The third-order valence-electron chi connectivity index (χ3n) is 3.01. The smallest absolute Gasteiger partial charge is 0.120 e. The molecule has 2 rings (SSSR count). The van der Waals surface area contributed by atoms with Crippen LogP contribution in [0.25, 0.3) is 0 Å². The molecule has 1 aliphatic heterocycles. The van der Waals surface area contributed by atoms with Crippen molar-refractivity contribution in [2.24, 2.45) is 0 Å². The van der Waals surface area contributed by atoms with E-state index in [9.17, 15) is 0 Å². The van der Waals surface area contributed by atoms with Crippen molar-refractivity contribution >= 4 is 5.69 Å². The fraction of sp³-hybridized carbons (Fsp3) is 0.538. The molecule has 0 atom stereocenters. The van der Waals surface area contributed by atoms with Gasteiger partial charge in [-0.2, -0.15) is 0 Å². The van der Waals surface area contributed by atoms with Crippen molar-refractivity contribution in [3.05, 3.63) is 24.3 Å². The Balaban J connectivity index is 2.07. The van der Waals surface area contributed by atoms with E-state index in [0.29, 0.717) is 0 Å². The Bertz CT molecular complexity index is 319. The van der Waals surface area contributed by atoms with Gasteiger partial charge in [0.1, 0.15) is 5.75 Å². The van der Waals surface area contributed by atoms with Crippen LogP contribution in [0, 0.1) is 0 Å². The van der Waals surface area contributed by atoms with E-state index in [2.05, 4.69) is 28.4 Å². The van der Waals surface area contributed by atoms with E-state index >= 15 is 0 Å². The molecule has 1 fully saturated rings. The summed E-state index contributed by atoms with van der Waals surface area (Å²) in [6.45, 7) is 4.45. The molecule has 3 nitrogen and oxygen atoms in total. The van der Waals surface area contributed by atoms with E-state index in [1.807, 2.05) is 6.07 Å². The molecule has 1 heterocycles. The Labute approximate surface area is 97.4 Å². The molecule has 3 heteroatoms. The number of anilines is 1. The van der Waals surface area contributed by atoms with Crippen LogP contribution in [-0.4, -0.2) is 33.3 Å². The van der Waals surface area contributed by atoms with Crippen LogP contribution in [0.2, 0.25) is 0 Å². The Morgan fingerprint density at radius 3 is 3.00 bits per heavy atom. The van der Waals surface area contributed by atoms with Crippen molar-refractivity contribution in [2.75, 3.05) is 38.2 Å². The van der Waals surface area contributed by atoms with Gasteiger partial charge in [-0.05, 0) is 31.5 Å². The van der Waals surface area contributed by atoms with E-state index in [-0.39, 0.29) is 0 Å². The molecule has 1 aliphatic rings. The molecule has 1 saturated heterocycles. The zero-order valence-electron chi connectivity index (χ0n) is 9.91. The maximum absolute atomic E-state index is 5.26. The summed E-state index contributed by atoms with van der Waals surface area (Å²) in [5.41, 5.74) is 1.27. The molecule has 1 N–H and O–H groups in total. The molecular weight excluding hydrogens is 200 g/mol. The third-order valence-corrected chi connectivity index (χ3v) is 3.01. The monoisotopic (exact) mass is 220 g/mol. The third kappa shape index (κ3) is 2.89. The van der Waals surface area contributed by atoms with E-state index < -0.39 is 0 Å². The molecule has 0 spiro atoms. The Hall–Kier alpha value is -1.22. The Morgan fingerprint density at radius 2 is 2.12 bits per heavy atom. The molecule has 1 aromatic carbocycles. The molecule has 0 aliphatic carbocycles. The van der Waals surface area contributed by atoms with Crippen LogP contribution >= 0.6 is 0 Å². The standard InChI is InChI=1S/C13H20N2O/c1-16-13-6-4-5-12(11-13)15-9-3-2-7-14-8-10-15/h4-6,11,14H,2-3,7-10H2,1H3. The van der Waals surface area contributed by atoms with Gasteiger partial charge in [0.25, 0.3) is 0 Å². The summed E-state index contributed by atoms with van der Waals surface area (Å²) >= 11 is 0. The number of rotatable bonds is 2. The van der Waals surface area contributed by atoms with Gasteiger partial charge in [0.05, 0.1) is 7.11 Å². The summed E-state index contributed by atoms with van der Waals surface area (Å²) in [4.78, 5) is 2.43. The summed E-state index contributed by atoms with van der Waals surface area (Å²) in [6, 6.07) is 8.32. The van der Waals surface area contributed by atoms with Gasteiger partial charge < -0.3 is 15.0 Å². The van der Waals surface area contributed by atoms with Gasteiger partial charge in [-0.1, -0.05) is 6.07 Å². The highest BCUT2D eigenvalue weighted by Gasteiger charge is 2.08. The lowest BCUT2D eigenvalue weighted by atomic mass is 10.2.